The van der Waals surface area contributed by atoms with Gasteiger partial charge in [-0.25, -0.2) is 4.98 Å². The number of piperidine rings is 1. The number of nitrogens with zero attached hydrogens (tertiary/aromatic N) is 3. The third kappa shape index (κ3) is 5.09. The van der Waals surface area contributed by atoms with Crippen LogP contribution in [0.2, 0.25) is 0 Å². The van der Waals surface area contributed by atoms with E-state index in [1.165, 1.54) is 11.1 Å². The molecule has 3 heterocycles. The third-order valence-electron chi connectivity index (χ3n) is 6.80. The SMILES string of the molecule is Cc1nc2ccc(NC(=O)CC3CCCN(C(=O)CN4CCc5ccccc5C4)C3)cc2[nH]1. The second-order valence-corrected chi connectivity index (χ2v) is 9.38. The van der Waals surface area contributed by atoms with Gasteiger partial charge in [0.05, 0.1) is 17.6 Å². The second kappa shape index (κ2) is 9.35. The molecule has 1 fully saturated rings. The Labute approximate surface area is 194 Å². The van der Waals surface area contributed by atoms with Crippen LogP contribution in [0.25, 0.3) is 11.0 Å². The van der Waals surface area contributed by atoms with Crippen LogP contribution in [-0.4, -0.2) is 57.8 Å². The highest BCUT2D eigenvalue weighted by atomic mass is 16.2. The number of imidazole rings is 1. The number of likely N-dealkylation sites (tertiary alicyclic amines) is 1. The fraction of sp³-hybridized carbons (Fsp3) is 0.423. The Balaban J connectivity index is 1.13. The second-order valence-electron chi connectivity index (χ2n) is 9.38. The molecule has 0 radical (unpaired) electrons. The van der Waals surface area contributed by atoms with Crippen molar-refractivity contribution in [1.29, 1.82) is 0 Å². The Hall–Kier alpha value is -3.19. The van der Waals surface area contributed by atoms with Crippen LogP contribution in [0.1, 0.15) is 36.2 Å². The predicted octanol–water partition coefficient (Wildman–Crippen LogP) is 3.50. The molecule has 0 aliphatic carbocycles. The Morgan fingerprint density at radius 1 is 1.15 bits per heavy atom. The number of carbonyl (C=O) groups is 2. The number of aryl methyl sites for hydroxylation is 1. The van der Waals surface area contributed by atoms with Crippen molar-refractivity contribution in [3.8, 4) is 0 Å². The first kappa shape index (κ1) is 21.6. The molecule has 0 saturated carbocycles. The summed E-state index contributed by atoms with van der Waals surface area (Å²) in [5, 5.41) is 3.01. The molecular formula is C26H31N5O2. The van der Waals surface area contributed by atoms with E-state index in [9.17, 15) is 9.59 Å². The maximum absolute atomic E-state index is 13.0. The number of hydrogen-bond acceptors (Lipinski definition) is 4. The van der Waals surface area contributed by atoms with Gasteiger partial charge in [-0.2, -0.15) is 0 Å². The number of carbonyl (C=O) groups excluding carboxylic acids is 2. The molecule has 2 aromatic carbocycles. The molecule has 0 bridgehead atoms. The van der Waals surface area contributed by atoms with Crippen molar-refractivity contribution in [1.82, 2.24) is 19.8 Å². The minimum absolute atomic E-state index is 0.00229. The Morgan fingerprint density at radius 3 is 2.88 bits per heavy atom. The smallest absolute Gasteiger partial charge is 0.236 e. The fourth-order valence-electron chi connectivity index (χ4n) is 5.13. The summed E-state index contributed by atoms with van der Waals surface area (Å²) in [5.74, 6) is 1.23. The number of benzene rings is 2. The first-order chi connectivity index (χ1) is 16.0. The average Bonchev–Trinajstić information content (AvgIpc) is 3.18. The normalized spacial score (nSPS) is 18.8. The van der Waals surface area contributed by atoms with Gasteiger partial charge in [0.1, 0.15) is 5.82 Å². The molecule has 1 atom stereocenters. The standard InChI is InChI=1S/C26H31N5O2/c1-18-27-23-9-8-22(14-24(23)28-18)29-25(32)13-19-5-4-11-31(15-19)26(33)17-30-12-10-20-6-2-3-7-21(20)16-30/h2-3,6-9,14,19H,4-5,10-13,15-17H2,1H3,(H,27,28)(H,29,32). The molecule has 3 aromatic rings. The van der Waals surface area contributed by atoms with Crippen molar-refractivity contribution in [3.05, 3.63) is 59.4 Å². The molecule has 2 aliphatic heterocycles. The molecule has 2 N–H and O–H groups in total. The number of hydrogen-bond donors (Lipinski definition) is 2. The number of anilines is 1. The lowest BCUT2D eigenvalue weighted by Crippen LogP contribution is -2.46. The molecule has 2 amide bonds. The Kier molecular flexibility index (Phi) is 6.13. The Bertz CT molecular complexity index is 1170. The van der Waals surface area contributed by atoms with Crippen LogP contribution in [-0.2, 0) is 22.6 Å². The highest BCUT2D eigenvalue weighted by Crippen LogP contribution is 2.23. The molecule has 0 spiro atoms. The quantitative estimate of drug-likeness (QED) is 0.630. The zero-order valence-corrected chi connectivity index (χ0v) is 19.1. The average molecular weight is 446 g/mol. The van der Waals surface area contributed by atoms with Gasteiger partial charge in [-0.05, 0) is 61.4 Å². The highest BCUT2D eigenvalue weighted by molar-refractivity contribution is 5.93. The lowest BCUT2D eigenvalue weighted by Gasteiger charge is -2.35. The number of aromatic amines is 1. The van der Waals surface area contributed by atoms with Crippen molar-refractivity contribution in [2.75, 3.05) is 31.5 Å². The summed E-state index contributed by atoms with van der Waals surface area (Å²) in [7, 11) is 0. The van der Waals surface area contributed by atoms with E-state index >= 15 is 0 Å². The zero-order chi connectivity index (χ0) is 22.8. The highest BCUT2D eigenvalue weighted by Gasteiger charge is 2.27. The molecule has 172 valence electrons. The minimum atomic E-state index is -0.00229. The van der Waals surface area contributed by atoms with E-state index in [1.54, 1.807) is 0 Å². The minimum Gasteiger partial charge on any atom is -0.342 e. The van der Waals surface area contributed by atoms with Crippen LogP contribution in [0.4, 0.5) is 5.69 Å². The van der Waals surface area contributed by atoms with Gasteiger partial charge in [-0.1, -0.05) is 24.3 Å². The molecule has 5 rings (SSSR count). The van der Waals surface area contributed by atoms with Crippen molar-refractivity contribution in [2.45, 2.75) is 39.2 Å². The van der Waals surface area contributed by atoms with Gasteiger partial charge in [-0.3, -0.25) is 14.5 Å². The van der Waals surface area contributed by atoms with Crippen molar-refractivity contribution in [3.63, 3.8) is 0 Å². The van der Waals surface area contributed by atoms with Crippen molar-refractivity contribution < 1.29 is 9.59 Å². The van der Waals surface area contributed by atoms with Crippen molar-refractivity contribution in [2.24, 2.45) is 5.92 Å². The first-order valence-electron chi connectivity index (χ1n) is 11.9. The number of fused-ring (bicyclic) bond motifs is 2. The van der Waals surface area contributed by atoms with Gasteiger partial charge in [0.2, 0.25) is 11.8 Å². The number of nitrogens with one attached hydrogen (secondary N) is 2. The maximum atomic E-state index is 13.0. The summed E-state index contributed by atoms with van der Waals surface area (Å²) in [4.78, 5) is 37.5. The van der Waals surface area contributed by atoms with Crippen LogP contribution in [0.15, 0.2) is 42.5 Å². The summed E-state index contributed by atoms with van der Waals surface area (Å²) in [6.45, 7) is 5.58. The molecular weight excluding hydrogens is 414 g/mol. The van der Waals surface area contributed by atoms with Gasteiger partial charge in [-0.15, -0.1) is 0 Å². The van der Waals surface area contributed by atoms with Crippen LogP contribution >= 0.6 is 0 Å². The molecule has 7 heteroatoms. The molecule has 7 nitrogen and oxygen atoms in total. The molecule has 1 saturated heterocycles. The van der Waals surface area contributed by atoms with Gasteiger partial charge in [0, 0.05) is 38.3 Å². The van der Waals surface area contributed by atoms with E-state index in [1.807, 2.05) is 30.0 Å². The van der Waals surface area contributed by atoms with Crippen LogP contribution in [0.5, 0.6) is 0 Å². The van der Waals surface area contributed by atoms with Crippen LogP contribution < -0.4 is 5.32 Å². The van der Waals surface area contributed by atoms with E-state index in [4.69, 9.17) is 0 Å². The molecule has 2 aliphatic rings. The zero-order valence-electron chi connectivity index (χ0n) is 19.1. The first-order valence-corrected chi connectivity index (χ1v) is 11.9. The Morgan fingerprint density at radius 2 is 2.00 bits per heavy atom. The number of H-pyrrole nitrogens is 1. The summed E-state index contributed by atoms with van der Waals surface area (Å²) in [6.07, 6.45) is 3.36. The van der Waals surface area contributed by atoms with Gasteiger partial charge < -0.3 is 15.2 Å². The molecule has 33 heavy (non-hydrogen) atoms. The number of amides is 2. The van der Waals surface area contributed by atoms with E-state index in [2.05, 4.69) is 44.5 Å². The maximum Gasteiger partial charge on any atom is 0.236 e. The molecule has 1 aromatic heterocycles. The lowest BCUT2D eigenvalue weighted by molar-refractivity contribution is -0.135. The topological polar surface area (TPSA) is 81.3 Å². The van der Waals surface area contributed by atoms with Gasteiger partial charge in [0.15, 0.2) is 0 Å². The summed E-state index contributed by atoms with van der Waals surface area (Å²) >= 11 is 0. The number of rotatable bonds is 5. The van der Waals surface area contributed by atoms with E-state index in [0.29, 0.717) is 19.5 Å². The van der Waals surface area contributed by atoms with E-state index < -0.39 is 0 Å². The fourth-order valence-corrected chi connectivity index (χ4v) is 5.13. The van der Waals surface area contributed by atoms with Gasteiger partial charge in [0.25, 0.3) is 0 Å². The van der Waals surface area contributed by atoms with Crippen LogP contribution in [0, 0.1) is 12.8 Å². The monoisotopic (exact) mass is 445 g/mol. The predicted molar refractivity (Wildman–Crippen MR) is 129 cm³/mol. The summed E-state index contributed by atoms with van der Waals surface area (Å²) in [6, 6.07) is 14.2. The largest absolute Gasteiger partial charge is 0.342 e. The molecule has 1 unspecified atom stereocenters. The number of aromatic nitrogens is 2. The third-order valence-corrected chi connectivity index (χ3v) is 6.80. The van der Waals surface area contributed by atoms with Crippen molar-refractivity contribution >= 4 is 28.5 Å². The van der Waals surface area contributed by atoms with E-state index in [-0.39, 0.29) is 17.7 Å². The van der Waals surface area contributed by atoms with Crippen LogP contribution in [0.3, 0.4) is 0 Å². The van der Waals surface area contributed by atoms with E-state index in [0.717, 1.165) is 61.4 Å². The summed E-state index contributed by atoms with van der Waals surface area (Å²) in [5.41, 5.74) is 5.30. The summed E-state index contributed by atoms with van der Waals surface area (Å²) < 4.78 is 0. The lowest BCUT2D eigenvalue weighted by atomic mass is 9.94. The van der Waals surface area contributed by atoms with Gasteiger partial charge >= 0.3 is 0 Å².